The lowest BCUT2D eigenvalue weighted by Crippen LogP contribution is -2.35. The highest BCUT2D eigenvalue weighted by molar-refractivity contribution is 5.96. The van der Waals surface area contributed by atoms with Gasteiger partial charge in [0.1, 0.15) is 19.0 Å². The molecular formula is C28H28N4O4. The van der Waals surface area contributed by atoms with E-state index < -0.39 is 0 Å². The molecule has 0 unspecified atom stereocenters. The first-order valence-corrected chi connectivity index (χ1v) is 12.2. The molecule has 8 heteroatoms. The monoisotopic (exact) mass is 484 g/mol. The van der Waals surface area contributed by atoms with Gasteiger partial charge in [0, 0.05) is 43.2 Å². The van der Waals surface area contributed by atoms with Crippen LogP contribution in [0.3, 0.4) is 0 Å². The normalized spacial score (nSPS) is 16.8. The van der Waals surface area contributed by atoms with E-state index >= 15 is 0 Å². The van der Waals surface area contributed by atoms with Crippen molar-refractivity contribution in [2.75, 3.05) is 26.9 Å². The molecule has 2 aliphatic heterocycles. The molecule has 36 heavy (non-hydrogen) atoms. The molecule has 4 heterocycles. The Morgan fingerprint density at radius 1 is 1.14 bits per heavy atom. The van der Waals surface area contributed by atoms with Crippen molar-refractivity contribution in [3.8, 4) is 34.1 Å². The Morgan fingerprint density at radius 2 is 2.03 bits per heavy atom. The highest BCUT2D eigenvalue weighted by Gasteiger charge is 2.20. The zero-order chi connectivity index (χ0) is 24.5. The summed E-state index contributed by atoms with van der Waals surface area (Å²) in [5.41, 5.74) is 5.04. The molecule has 0 spiro atoms. The fraction of sp³-hybridized carbons (Fsp3) is 0.286. The van der Waals surface area contributed by atoms with Crippen molar-refractivity contribution < 1.29 is 19.0 Å². The van der Waals surface area contributed by atoms with Gasteiger partial charge in [-0.1, -0.05) is 18.2 Å². The van der Waals surface area contributed by atoms with Crippen LogP contribution >= 0.6 is 0 Å². The molecule has 0 bridgehead atoms. The average molecular weight is 485 g/mol. The zero-order valence-corrected chi connectivity index (χ0v) is 20.1. The molecule has 0 saturated carbocycles. The maximum Gasteiger partial charge on any atom is 0.220 e. The first-order valence-electron chi connectivity index (χ1n) is 12.2. The van der Waals surface area contributed by atoms with Crippen molar-refractivity contribution >= 4 is 16.8 Å². The number of benzene rings is 2. The van der Waals surface area contributed by atoms with Gasteiger partial charge in [-0.25, -0.2) is 0 Å². The van der Waals surface area contributed by atoms with Crippen molar-refractivity contribution in [3.05, 3.63) is 66.6 Å². The van der Waals surface area contributed by atoms with Gasteiger partial charge in [-0.3, -0.25) is 9.78 Å². The SMILES string of the molecule is COc1cc(-n2ccc3c(-c4ccc5c(c4)OCCO5)cccc32)cnc1CNC[C@@H]1CCC(=O)N1. The van der Waals surface area contributed by atoms with E-state index in [2.05, 4.69) is 51.7 Å². The van der Waals surface area contributed by atoms with Crippen LogP contribution in [-0.4, -0.2) is 48.4 Å². The molecule has 2 N–H and O–H groups in total. The molecule has 2 aromatic heterocycles. The standard InChI is InChI=1S/C28H28N4O4/c1-34-26-14-20(16-30-23(26)17-29-15-19-6-8-28(33)31-19)32-10-9-22-21(3-2-4-24(22)32)18-5-7-25-27(13-18)36-12-11-35-25/h2-5,7,9-10,13-14,16,19,29H,6,8,11-12,15,17H2,1H3,(H,31,33)/t19-/m0/s1. The largest absolute Gasteiger partial charge is 0.495 e. The Labute approximate surface area is 209 Å². The first-order chi connectivity index (χ1) is 17.7. The third kappa shape index (κ3) is 4.24. The van der Waals surface area contributed by atoms with Crippen LogP contribution in [0.25, 0.3) is 27.7 Å². The van der Waals surface area contributed by atoms with Crippen LogP contribution in [0.1, 0.15) is 18.5 Å². The van der Waals surface area contributed by atoms with Gasteiger partial charge in [0.05, 0.1) is 30.2 Å². The van der Waals surface area contributed by atoms with Gasteiger partial charge < -0.3 is 29.4 Å². The number of aromatic nitrogens is 2. The van der Waals surface area contributed by atoms with Gasteiger partial charge in [-0.15, -0.1) is 0 Å². The number of rotatable bonds is 7. The summed E-state index contributed by atoms with van der Waals surface area (Å²) in [5, 5.41) is 7.50. The number of carbonyl (C=O) groups excluding carboxylic acids is 1. The molecule has 2 aliphatic rings. The molecule has 1 saturated heterocycles. The van der Waals surface area contributed by atoms with Crippen LogP contribution in [0.4, 0.5) is 0 Å². The molecular weight excluding hydrogens is 456 g/mol. The highest BCUT2D eigenvalue weighted by Crippen LogP contribution is 2.37. The number of pyridine rings is 1. The van der Waals surface area contributed by atoms with Gasteiger partial charge in [0.25, 0.3) is 0 Å². The molecule has 184 valence electrons. The number of nitrogens with zero attached hydrogens (tertiary/aromatic N) is 2. The molecule has 0 radical (unpaired) electrons. The van der Waals surface area contributed by atoms with Gasteiger partial charge in [-0.05, 0) is 41.8 Å². The zero-order valence-electron chi connectivity index (χ0n) is 20.1. The second-order valence-electron chi connectivity index (χ2n) is 9.06. The quantitative estimate of drug-likeness (QED) is 0.415. The molecule has 4 aromatic rings. The fourth-order valence-electron chi connectivity index (χ4n) is 4.95. The molecule has 6 rings (SSSR count). The predicted octanol–water partition coefficient (Wildman–Crippen LogP) is 3.84. The van der Waals surface area contributed by atoms with Crippen LogP contribution in [0.5, 0.6) is 17.2 Å². The molecule has 2 aromatic carbocycles. The fourth-order valence-corrected chi connectivity index (χ4v) is 4.95. The van der Waals surface area contributed by atoms with E-state index in [9.17, 15) is 4.79 Å². The molecule has 0 aliphatic carbocycles. The van der Waals surface area contributed by atoms with Crippen LogP contribution in [0.2, 0.25) is 0 Å². The molecule has 8 nitrogen and oxygen atoms in total. The lowest BCUT2D eigenvalue weighted by atomic mass is 10.0. The summed E-state index contributed by atoms with van der Waals surface area (Å²) < 4.78 is 19.3. The van der Waals surface area contributed by atoms with Crippen LogP contribution in [0.15, 0.2) is 60.9 Å². The van der Waals surface area contributed by atoms with Crippen molar-refractivity contribution in [2.24, 2.45) is 0 Å². The number of fused-ring (bicyclic) bond motifs is 2. The van der Waals surface area contributed by atoms with Gasteiger partial charge in [0.2, 0.25) is 5.91 Å². The summed E-state index contributed by atoms with van der Waals surface area (Å²) in [6, 6.07) is 16.7. The lowest BCUT2D eigenvalue weighted by Gasteiger charge is -2.19. The van der Waals surface area contributed by atoms with Crippen LogP contribution in [-0.2, 0) is 11.3 Å². The van der Waals surface area contributed by atoms with E-state index in [4.69, 9.17) is 19.2 Å². The number of ether oxygens (including phenoxy) is 3. The Bertz CT molecular complexity index is 1430. The molecule has 1 atom stereocenters. The third-order valence-electron chi connectivity index (χ3n) is 6.77. The van der Waals surface area contributed by atoms with Crippen LogP contribution < -0.4 is 24.8 Å². The summed E-state index contributed by atoms with van der Waals surface area (Å²) in [5.74, 6) is 2.41. The number of methoxy groups -OCH3 is 1. The van der Waals surface area contributed by atoms with Gasteiger partial charge >= 0.3 is 0 Å². The van der Waals surface area contributed by atoms with Crippen molar-refractivity contribution in [1.82, 2.24) is 20.2 Å². The predicted molar refractivity (Wildman–Crippen MR) is 137 cm³/mol. The van der Waals surface area contributed by atoms with Crippen molar-refractivity contribution in [2.45, 2.75) is 25.4 Å². The smallest absolute Gasteiger partial charge is 0.220 e. The number of carbonyl (C=O) groups is 1. The third-order valence-corrected chi connectivity index (χ3v) is 6.77. The Morgan fingerprint density at radius 3 is 2.86 bits per heavy atom. The minimum absolute atomic E-state index is 0.123. The minimum atomic E-state index is 0.123. The van der Waals surface area contributed by atoms with E-state index in [0.29, 0.717) is 32.7 Å². The second kappa shape index (κ2) is 9.54. The Hall–Kier alpha value is -4.04. The molecule has 1 fully saturated rings. The maximum atomic E-state index is 11.4. The van der Waals surface area contributed by atoms with E-state index in [1.165, 1.54) is 0 Å². The highest BCUT2D eigenvalue weighted by atomic mass is 16.6. The number of amides is 1. The topological polar surface area (TPSA) is 86.6 Å². The number of nitrogens with one attached hydrogen (secondary N) is 2. The van der Waals surface area contributed by atoms with Crippen molar-refractivity contribution in [3.63, 3.8) is 0 Å². The van der Waals surface area contributed by atoms with Gasteiger partial charge in [0.15, 0.2) is 11.5 Å². The Kier molecular flexibility index (Phi) is 5.95. The first kappa shape index (κ1) is 22.4. The van der Waals surface area contributed by atoms with Crippen molar-refractivity contribution in [1.29, 1.82) is 0 Å². The summed E-state index contributed by atoms with van der Waals surface area (Å²) in [4.78, 5) is 16.1. The lowest BCUT2D eigenvalue weighted by molar-refractivity contribution is -0.119. The summed E-state index contributed by atoms with van der Waals surface area (Å²) >= 11 is 0. The number of hydrogen-bond donors (Lipinski definition) is 2. The van der Waals surface area contributed by atoms with Crippen LogP contribution in [0, 0.1) is 0 Å². The second-order valence-corrected chi connectivity index (χ2v) is 9.06. The van der Waals surface area contributed by atoms with Gasteiger partial charge in [-0.2, -0.15) is 0 Å². The maximum absolute atomic E-state index is 11.4. The average Bonchev–Trinajstić information content (AvgIpc) is 3.54. The van der Waals surface area contributed by atoms with E-state index in [-0.39, 0.29) is 11.9 Å². The van der Waals surface area contributed by atoms with E-state index in [1.54, 1.807) is 7.11 Å². The summed E-state index contributed by atoms with van der Waals surface area (Å²) in [7, 11) is 1.66. The number of hydrogen-bond acceptors (Lipinski definition) is 6. The summed E-state index contributed by atoms with van der Waals surface area (Å²) in [6.07, 6.45) is 5.39. The van der Waals surface area contributed by atoms with E-state index in [0.717, 1.165) is 57.1 Å². The summed E-state index contributed by atoms with van der Waals surface area (Å²) in [6.45, 7) is 2.42. The van der Waals surface area contributed by atoms with E-state index in [1.807, 2.05) is 24.4 Å². The Balaban J connectivity index is 1.26. The molecule has 1 amide bonds. The minimum Gasteiger partial charge on any atom is -0.495 e.